The second-order valence-electron chi connectivity index (χ2n) is 7.43. The topological polar surface area (TPSA) is 67.2 Å². The summed E-state index contributed by atoms with van der Waals surface area (Å²) in [5, 5.41) is 4.79. The van der Waals surface area contributed by atoms with Crippen LogP contribution in [-0.2, 0) is 7.05 Å². The highest BCUT2D eigenvalue weighted by molar-refractivity contribution is 6.30. The lowest BCUT2D eigenvalue weighted by molar-refractivity contribution is 0.0733. The molecule has 150 valence electrons. The van der Waals surface area contributed by atoms with Crippen LogP contribution in [0.1, 0.15) is 34.9 Å². The van der Waals surface area contributed by atoms with E-state index in [1.807, 2.05) is 61.4 Å². The highest BCUT2D eigenvalue weighted by Crippen LogP contribution is 2.38. The first-order chi connectivity index (χ1) is 13.9. The SMILES string of the molecule is CN(C)c1ncc(-c2cccc(Cl)c2)c([C@H]2CCCN2C(=O)c2cnn(C)c2)n1. The molecule has 29 heavy (non-hydrogen) atoms. The van der Waals surface area contributed by atoms with Crippen molar-refractivity contribution in [3.63, 3.8) is 0 Å². The first kappa shape index (κ1) is 19.4. The van der Waals surface area contributed by atoms with Crippen LogP contribution in [0.25, 0.3) is 11.1 Å². The van der Waals surface area contributed by atoms with E-state index < -0.39 is 0 Å². The first-order valence-corrected chi connectivity index (χ1v) is 9.91. The van der Waals surface area contributed by atoms with Gasteiger partial charge in [-0.3, -0.25) is 9.48 Å². The Labute approximate surface area is 174 Å². The van der Waals surface area contributed by atoms with Gasteiger partial charge in [0.15, 0.2) is 0 Å². The molecule has 3 heterocycles. The number of hydrogen-bond acceptors (Lipinski definition) is 5. The molecule has 4 rings (SSSR count). The minimum Gasteiger partial charge on any atom is -0.347 e. The Morgan fingerprint density at radius 3 is 2.79 bits per heavy atom. The van der Waals surface area contributed by atoms with Gasteiger partial charge in [0.1, 0.15) is 0 Å². The van der Waals surface area contributed by atoms with E-state index in [9.17, 15) is 4.79 Å². The number of aryl methyl sites for hydroxylation is 1. The highest BCUT2D eigenvalue weighted by Gasteiger charge is 2.34. The molecule has 1 aliphatic rings. The summed E-state index contributed by atoms with van der Waals surface area (Å²) < 4.78 is 1.64. The zero-order valence-electron chi connectivity index (χ0n) is 16.7. The Bertz CT molecular complexity index is 1050. The summed E-state index contributed by atoms with van der Waals surface area (Å²) >= 11 is 6.23. The van der Waals surface area contributed by atoms with Gasteiger partial charge in [-0.1, -0.05) is 23.7 Å². The predicted octanol–water partition coefficient (Wildman–Crippen LogP) is 3.57. The molecule has 0 radical (unpaired) electrons. The van der Waals surface area contributed by atoms with Crippen molar-refractivity contribution in [2.45, 2.75) is 18.9 Å². The molecule has 0 unspecified atom stereocenters. The Morgan fingerprint density at radius 1 is 1.28 bits per heavy atom. The second-order valence-corrected chi connectivity index (χ2v) is 7.87. The summed E-state index contributed by atoms with van der Waals surface area (Å²) in [4.78, 5) is 26.3. The molecule has 1 amide bonds. The lowest BCUT2D eigenvalue weighted by Crippen LogP contribution is -2.31. The van der Waals surface area contributed by atoms with Crippen LogP contribution < -0.4 is 4.90 Å². The normalized spacial score (nSPS) is 16.3. The third kappa shape index (κ3) is 3.82. The third-order valence-electron chi connectivity index (χ3n) is 5.12. The average molecular weight is 411 g/mol. The standard InChI is InChI=1S/C21H23ClN6O/c1-26(2)21-23-12-17(14-6-4-7-16(22)10-14)19(25-21)18-8-5-9-28(18)20(29)15-11-24-27(3)13-15/h4,6-7,10-13,18H,5,8-9H2,1-3H3/t18-/m1/s1. The van der Waals surface area contributed by atoms with E-state index in [1.54, 1.807) is 17.1 Å². The zero-order chi connectivity index (χ0) is 20.5. The van der Waals surface area contributed by atoms with Crippen molar-refractivity contribution in [1.29, 1.82) is 0 Å². The molecule has 1 aromatic carbocycles. The number of rotatable bonds is 4. The molecule has 7 nitrogen and oxygen atoms in total. The largest absolute Gasteiger partial charge is 0.347 e. The quantitative estimate of drug-likeness (QED) is 0.657. The van der Waals surface area contributed by atoms with Gasteiger partial charge in [-0.25, -0.2) is 9.97 Å². The maximum Gasteiger partial charge on any atom is 0.257 e. The molecule has 1 atom stereocenters. The van der Waals surface area contributed by atoms with Crippen LogP contribution in [0.3, 0.4) is 0 Å². The summed E-state index contributed by atoms with van der Waals surface area (Å²) in [6.07, 6.45) is 6.96. The fourth-order valence-corrected chi connectivity index (χ4v) is 3.92. The van der Waals surface area contributed by atoms with Crippen LogP contribution in [0.15, 0.2) is 42.9 Å². The van der Waals surface area contributed by atoms with Gasteiger partial charge < -0.3 is 9.80 Å². The number of hydrogen-bond donors (Lipinski definition) is 0. The summed E-state index contributed by atoms with van der Waals surface area (Å²) in [5.74, 6) is 0.592. The Morgan fingerprint density at radius 2 is 2.10 bits per heavy atom. The van der Waals surface area contributed by atoms with Crippen molar-refractivity contribution in [2.75, 3.05) is 25.5 Å². The molecule has 2 aromatic heterocycles. The van der Waals surface area contributed by atoms with E-state index in [0.717, 1.165) is 29.7 Å². The number of nitrogens with zero attached hydrogens (tertiary/aromatic N) is 6. The Kier molecular flexibility index (Phi) is 5.24. The van der Waals surface area contributed by atoms with E-state index in [1.165, 1.54) is 0 Å². The highest BCUT2D eigenvalue weighted by atomic mass is 35.5. The minimum absolute atomic E-state index is 0.0253. The Hall–Kier alpha value is -2.93. The van der Waals surface area contributed by atoms with Crippen molar-refractivity contribution in [1.82, 2.24) is 24.6 Å². The zero-order valence-corrected chi connectivity index (χ0v) is 17.5. The van der Waals surface area contributed by atoms with Gasteiger partial charge >= 0.3 is 0 Å². The van der Waals surface area contributed by atoms with Crippen molar-refractivity contribution < 1.29 is 4.79 Å². The molecule has 3 aromatic rings. The predicted molar refractivity (Wildman–Crippen MR) is 113 cm³/mol. The number of anilines is 1. The molecule has 8 heteroatoms. The monoisotopic (exact) mass is 410 g/mol. The van der Waals surface area contributed by atoms with Gasteiger partial charge in [0.2, 0.25) is 5.95 Å². The number of carbonyl (C=O) groups is 1. The van der Waals surface area contributed by atoms with Crippen molar-refractivity contribution >= 4 is 23.5 Å². The third-order valence-corrected chi connectivity index (χ3v) is 5.36. The second kappa shape index (κ2) is 7.83. The number of benzene rings is 1. The number of carbonyl (C=O) groups excluding carboxylic acids is 1. The maximum atomic E-state index is 13.2. The molecular formula is C21H23ClN6O. The minimum atomic E-state index is -0.126. The fourth-order valence-electron chi connectivity index (χ4n) is 3.72. The van der Waals surface area contributed by atoms with E-state index in [-0.39, 0.29) is 11.9 Å². The number of likely N-dealkylation sites (tertiary alicyclic amines) is 1. The van der Waals surface area contributed by atoms with Gasteiger partial charge in [-0.05, 0) is 30.5 Å². The lowest BCUT2D eigenvalue weighted by atomic mass is 9.99. The van der Waals surface area contributed by atoms with E-state index >= 15 is 0 Å². The van der Waals surface area contributed by atoms with Crippen molar-refractivity contribution in [2.24, 2.45) is 7.05 Å². The van der Waals surface area contributed by atoms with Crippen molar-refractivity contribution in [3.05, 3.63) is 59.1 Å². The van der Waals surface area contributed by atoms with Crippen molar-refractivity contribution in [3.8, 4) is 11.1 Å². The molecule has 1 aliphatic heterocycles. The summed E-state index contributed by atoms with van der Waals surface area (Å²) in [6, 6.07) is 7.52. The summed E-state index contributed by atoms with van der Waals surface area (Å²) in [5.41, 5.74) is 3.28. The Balaban J connectivity index is 1.79. The molecule has 0 spiro atoms. The van der Waals surface area contributed by atoms with Crippen LogP contribution in [0.5, 0.6) is 0 Å². The maximum absolute atomic E-state index is 13.2. The first-order valence-electron chi connectivity index (χ1n) is 9.54. The van der Waals surface area contributed by atoms with Gasteiger partial charge in [0.25, 0.3) is 5.91 Å². The van der Waals surface area contributed by atoms with Gasteiger partial charge in [-0.15, -0.1) is 0 Å². The molecule has 1 fully saturated rings. The summed E-state index contributed by atoms with van der Waals surface area (Å²) in [7, 11) is 5.63. The van der Waals surface area contributed by atoms with Crippen LogP contribution in [-0.4, -0.2) is 51.2 Å². The van der Waals surface area contributed by atoms with Gasteiger partial charge in [0.05, 0.1) is 23.5 Å². The summed E-state index contributed by atoms with van der Waals surface area (Å²) in [6.45, 7) is 0.689. The van der Waals surface area contributed by atoms with Gasteiger partial charge in [0, 0.05) is 50.7 Å². The van der Waals surface area contributed by atoms with E-state index in [2.05, 4.69) is 10.1 Å². The van der Waals surface area contributed by atoms with E-state index in [4.69, 9.17) is 16.6 Å². The van der Waals surface area contributed by atoms with Crippen LogP contribution in [0, 0.1) is 0 Å². The van der Waals surface area contributed by atoms with Gasteiger partial charge in [-0.2, -0.15) is 5.10 Å². The number of amides is 1. The van der Waals surface area contributed by atoms with E-state index in [0.29, 0.717) is 23.1 Å². The average Bonchev–Trinajstić information content (AvgIpc) is 3.36. The molecule has 0 N–H and O–H groups in total. The van der Waals surface area contributed by atoms with Crippen LogP contribution in [0.2, 0.25) is 5.02 Å². The molecule has 0 aliphatic carbocycles. The smallest absolute Gasteiger partial charge is 0.257 e. The lowest BCUT2D eigenvalue weighted by Gasteiger charge is -2.26. The number of halogens is 1. The molecule has 0 bridgehead atoms. The fraction of sp³-hybridized carbons (Fsp3) is 0.333. The molecule has 0 saturated carbocycles. The number of aromatic nitrogens is 4. The van der Waals surface area contributed by atoms with Crippen LogP contribution in [0.4, 0.5) is 5.95 Å². The molecular weight excluding hydrogens is 388 g/mol. The molecule has 1 saturated heterocycles. The van der Waals surface area contributed by atoms with Crippen LogP contribution >= 0.6 is 11.6 Å².